The highest BCUT2D eigenvalue weighted by atomic mass is 35.5. The van der Waals surface area contributed by atoms with Crippen molar-refractivity contribution >= 4 is 52.9 Å². The summed E-state index contributed by atoms with van der Waals surface area (Å²) in [6.45, 7) is 0. The molecule has 3 rings (SSSR count). The molecule has 0 fully saturated rings. The number of hydrazone groups is 1. The van der Waals surface area contributed by atoms with Gasteiger partial charge in [-0.2, -0.15) is 5.10 Å². The predicted octanol–water partition coefficient (Wildman–Crippen LogP) is 5.64. The zero-order valence-corrected chi connectivity index (χ0v) is 18.3. The number of methoxy groups -OCH3 is 1. The van der Waals surface area contributed by atoms with Gasteiger partial charge in [0.2, 0.25) is 0 Å². The van der Waals surface area contributed by atoms with Gasteiger partial charge in [-0.1, -0.05) is 34.8 Å². The number of rotatable bonds is 6. The van der Waals surface area contributed by atoms with Crippen LogP contribution in [0.15, 0.2) is 65.8 Å². The van der Waals surface area contributed by atoms with Crippen molar-refractivity contribution in [2.45, 2.75) is 0 Å². The molecule has 0 spiro atoms. The summed E-state index contributed by atoms with van der Waals surface area (Å²) in [6, 6.07) is 15.7. The second kappa shape index (κ2) is 10.3. The summed E-state index contributed by atoms with van der Waals surface area (Å²) in [6.07, 6.45) is 1.39. The van der Waals surface area contributed by atoms with Crippen molar-refractivity contribution in [2.24, 2.45) is 5.10 Å². The molecular formula is C22H15Cl3N2O4. The van der Waals surface area contributed by atoms with Gasteiger partial charge in [0.15, 0.2) is 0 Å². The lowest BCUT2D eigenvalue weighted by atomic mass is 10.2. The first-order valence-electron chi connectivity index (χ1n) is 8.81. The topological polar surface area (TPSA) is 77.0 Å². The Morgan fingerprint density at radius 3 is 2.32 bits per heavy atom. The maximum Gasteiger partial charge on any atom is 0.343 e. The van der Waals surface area contributed by atoms with Crippen LogP contribution in [0.4, 0.5) is 0 Å². The molecule has 158 valence electrons. The molecule has 3 aromatic rings. The molecule has 0 aliphatic heterocycles. The molecule has 0 saturated heterocycles. The fourth-order valence-electron chi connectivity index (χ4n) is 2.47. The van der Waals surface area contributed by atoms with Crippen molar-refractivity contribution in [3.8, 4) is 11.5 Å². The molecule has 3 aromatic carbocycles. The Morgan fingerprint density at radius 2 is 1.68 bits per heavy atom. The first-order chi connectivity index (χ1) is 14.9. The minimum atomic E-state index is -0.557. The van der Waals surface area contributed by atoms with Gasteiger partial charge in [-0.05, 0) is 66.2 Å². The summed E-state index contributed by atoms with van der Waals surface area (Å²) in [7, 11) is 1.54. The van der Waals surface area contributed by atoms with Crippen LogP contribution in [0.5, 0.6) is 11.5 Å². The normalized spacial score (nSPS) is 10.7. The molecular weight excluding hydrogens is 463 g/mol. The molecule has 0 saturated carbocycles. The summed E-state index contributed by atoms with van der Waals surface area (Å²) >= 11 is 18.0. The SMILES string of the molecule is COc1ccc(C(=O)Oc2ccc(/C=N\NC(=O)c3ccc(Cl)cc3Cl)cc2Cl)cc1. The molecule has 31 heavy (non-hydrogen) atoms. The molecule has 0 aliphatic rings. The third-order valence-electron chi connectivity index (χ3n) is 4.04. The van der Waals surface area contributed by atoms with E-state index in [0.29, 0.717) is 21.9 Å². The van der Waals surface area contributed by atoms with E-state index in [1.165, 1.54) is 31.5 Å². The maximum atomic E-state index is 12.3. The predicted molar refractivity (Wildman–Crippen MR) is 121 cm³/mol. The number of ether oxygens (including phenoxy) is 2. The average molecular weight is 478 g/mol. The Hall–Kier alpha value is -3.06. The number of hydrogen-bond acceptors (Lipinski definition) is 5. The Bertz CT molecular complexity index is 1150. The van der Waals surface area contributed by atoms with Gasteiger partial charge >= 0.3 is 5.97 Å². The standard InChI is InChI=1S/C22H15Cl3N2O4/c1-30-16-6-3-14(4-7-16)22(29)31-20-9-2-13(10-19(20)25)12-26-27-21(28)17-8-5-15(23)11-18(17)24/h2-12H,1H3,(H,27,28)/b26-12-. The van der Waals surface area contributed by atoms with Crippen LogP contribution in [0.1, 0.15) is 26.3 Å². The van der Waals surface area contributed by atoms with Crippen LogP contribution in [-0.2, 0) is 0 Å². The van der Waals surface area contributed by atoms with E-state index in [2.05, 4.69) is 10.5 Å². The van der Waals surface area contributed by atoms with E-state index in [-0.39, 0.29) is 21.4 Å². The van der Waals surface area contributed by atoms with Crippen molar-refractivity contribution < 1.29 is 19.1 Å². The number of nitrogens with zero attached hydrogens (tertiary/aromatic N) is 1. The van der Waals surface area contributed by atoms with Gasteiger partial charge in [0.05, 0.1) is 34.5 Å². The van der Waals surface area contributed by atoms with Crippen molar-refractivity contribution in [2.75, 3.05) is 7.11 Å². The zero-order chi connectivity index (χ0) is 22.4. The van der Waals surface area contributed by atoms with Crippen LogP contribution in [0.25, 0.3) is 0 Å². The smallest absolute Gasteiger partial charge is 0.343 e. The zero-order valence-electron chi connectivity index (χ0n) is 16.1. The van der Waals surface area contributed by atoms with Gasteiger partial charge in [-0.15, -0.1) is 0 Å². The Kier molecular flexibility index (Phi) is 7.52. The molecule has 0 unspecified atom stereocenters. The van der Waals surface area contributed by atoms with E-state index in [1.54, 1.807) is 42.5 Å². The number of hydrogen-bond donors (Lipinski definition) is 1. The number of amides is 1. The maximum absolute atomic E-state index is 12.3. The summed E-state index contributed by atoms with van der Waals surface area (Å²) in [5.41, 5.74) is 3.54. The minimum Gasteiger partial charge on any atom is -0.497 e. The van der Waals surface area contributed by atoms with Gasteiger partial charge in [-0.3, -0.25) is 4.79 Å². The third-order valence-corrected chi connectivity index (χ3v) is 4.88. The first-order valence-corrected chi connectivity index (χ1v) is 9.95. The quantitative estimate of drug-likeness (QED) is 0.216. The lowest BCUT2D eigenvalue weighted by molar-refractivity contribution is 0.0734. The summed E-state index contributed by atoms with van der Waals surface area (Å²) in [5, 5.41) is 4.73. The molecule has 1 N–H and O–H groups in total. The van der Waals surface area contributed by atoms with Gasteiger partial charge in [0.1, 0.15) is 11.5 Å². The van der Waals surface area contributed by atoms with Crippen molar-refractivity contribution in [1.82, 2.24) is 5.43 Å². The monoisotopic (exact) mass is 476 g/mol. The third kappa shape index (κ3) is 5.98. The fraction of sp³-hybridized carbons (Fsp3) is 0.0455. The van der Waals surface area contributed by atoms with E-state index < -0.39 is 11.9 Å². The molecule has 0 aliphatic carbocycles. The molecule has 0 heterocycles. The largest absolute Gasteiger partial charge is 0.497 e. The molecule has 6 nitrogen and oxygen atoms in total. The summed E-state index contributed by atoms with van der Waals surface area (Å²) in [4.78, 5) is 24.4. The lowest BCUT2D eigenvalue weighted by Crippen LogP contribution is -2.18. The van der Waals surface area contributed by atoms with Crippen LogP contribution in [0, 0.1) is 0 Å². The number of carbonyl (C=O) groups excluding carboxylic acids is 2. The van der Waals surface area contributed by atoms with E-state index in [0.717, 1.165) is 0 Å². The minimum absolute atomic E-state index is 0.191. The highest BCUT2D eigenvalue weighted by Gasteiger charge is 2.12. The number of nitrogens with one attached hydrogen (secondary N) is 1. The average Bonchev–Trinajstić information content (AvgIpc) is 2.75. The van der Waals surface area contributed by atoms with Crippen LogP contribution in [0.3, 0.4) is 0 Å². The molecule has 9 heteroatoms. The van der Waals surface area contributed by atoms with Crippen molar-refractivity contribution in [1.29, 1.82) is 0 Å². The van der Waals surface area contributed by atoms with E-state index in [4.69, 9.17) is 44.3 Å². The van der Waals surface area contributed by atoms with E-state index in [9.17, 15) is 9.59 Å². The Morgan fingerprint density at radius 1 is 0.935 bits per heavy atom. The Labute approximate surface area is 193 Å². The second-order valence-corrected chi connectivity index (χ2v) is 7.38. The van der Waals surface area contributed by atoms with Crippen LogP contribution < -0.4 is 14.9 Å². The van der Waals surface area contributed by atoms with E-state index in [1.807, 2.05) is 0 Å². The van der Waals surface area contributed by atoms with Crippen molar-refractivity contribution in [3.63, 3.8) is 0 Å². The summed E-state index contributed by atoms with van der Waals surface area (Å²) < 4.78 is 10.4. The van der Waals surface area contributed by atoms with Crippen LogP contribution >= 0.6 is 34.8 Å². The van der Waals surface area contributed by atoms with Gasteiger partial charge in [0.25, 0.3) is 5.91 Å². The molecule has 0 bridgehead atoms. The number of benzene rings is 3. The number of carbonyl (C=O) groups is 2. The highest BCUT2D eigenvalue weighted by Crippen LogP contribution is 2.26. The van der Waals surface area contributed by atoms with Gasteiger partial charge < -0.3 is 9.47 Å². The molecule has 0 radical (unpaired) electrons. The Balaban J connectivity index is 1.63. The molecule has 0 aromatic heterocycles. The fourth-order valence-corrected chi connectivity index (χ4v) is 3.19. The molecule has 1 amide bonds. The van der Waals surface area contributed by atoms with Crippen LogP contribution in [0.2, 0.25) is 15.1 Å². The van der Waals surface area contributed by atoms with Crippen LogP contribution in [-0.4, -0.2) is 25.2 Å². The molecule has 0 atom stereocenters. The number of halogens is 3. The van der Waals surface area contributed by atoms with E-state index >= 15 is 0 Å². The highest BCUT2D eigenvalue weighted by molar-refractivity contribution is 6.36. The lowest BCUT2D eigenvalue weighted by Gasteiger charge is -2.07. The van der Waals surface area contributed by atoms with Gasteiger partial charge in [-0.25, -0.2) is 10.2 Å². The van der Waals surface area contributed by atoms with Gasteiger partial charge in [0, 0.05) is 5.02 Å². The van der Waals surface area contributed by atoms with Crippen molar-refractivity contribution in [3.05, 3.63) is 92.4 Å². The summed E-state index contributed by atoms with van der Waals surface area (Å²) in [5.74, 6) is -0.229. The second-order valence-electron chi connectivity index (χ2n) is 6.13. The number of esters is 1. The first kappa shape index (κ1) is 22.6.